The zero-order valence-electron chi connectivity index (χ0n) is 21.0. The number of carbonyl (C=O) groups is 1. The first-order chi connectivity index (χ1) is 17.9. The fourth-order valence-electron chi connectivity index (χ4n) is 5.41. The van der Waals surface area contributed by atoms with Gasteiger partial charge in [-0.2, -0.15) is 0 Å². The topological polar surface area (TPSA) is 65.5 Å². The number of anilines is 1. The van der Waals surface area contributed by atoms with E-state index >= 15 is 0 Å². The first-order valence-corrected chi connectivity index (χ1v) is 12.9. The summed E-state index contributed by atoms with van der Waals surface area (Å²) in [6, 6.07) is 23.2. The number of carboxylic acid groups (broad SMARTS) is 1. The maximum Gasteiger partial charge on any atom is 0.337 e. The number of benzene rings is 3. The molecule has 0 aliphatic carbocycles. The van der Waals surface area contributed by atoms with E-state index in [2.05, 4.69) is 53.6 Å². The summed E-state index contributed by atoms with van der Waals surface area (Å²) in [4.78, 5) is 17.7. The van der Waals surface area contributed by atoms with E-state index in [0.717, 1.165) is 13.0 Å². The Morgan fingerprint density at radius 1 is 1.16 bits per heavy atom. The van der Waals surface area contributed by atoms with Crippen LogP contribution in [0.3, 0.4) is 0 Å². The van der Waals surface area contributed by atoms with Crippen molar-refractivity contribution in [2.24, 2.45) is 5.92 Å². The van der Waals surface area contributed by atoms with Crippen LogP contribution >= 0.6 is 24.0 Å². The average molecular weight is 554 g/mol. The zero-order chi connectivity index (χ0) is 25.9. The minimum Gasteiger partial charge on any atom is -0.478 e. The summed E-state index contributed by atoms with van der Waals surface area (Å²) in [5.41, 5.74) is 1.96. The van der Waals surface area contributed by atoms with Crippen molar-refractivity contribution in [3.8, 4) is 0 Å². The predicted molar refractivity (Wildman–Crippen MR) is 153 cm³/mol. The molecular weight excluding hydrogens is 524 g/mol. The number of carboxylic acids is 1. The van der Waals surface area contributed by atoms with Crippen LogP contribution in [-0.2, 0) is 0 Å². The van der Waals surface area contributed by atoms with Gasteiger partial charge in [-0.15, -0.1) is 12.4 Å². The SMILES string of the molecule is C[C@@H](NCC1CCN(c2ncc(C(=O)O)cc2Cl)CC1c1ccccc1F)c1cccc2ccccc12.Cl. The Kier molecular flexibility index (Phi) is 8.87. The van der Waals surface area contributed by atoms with Crippen molar-refractivity contribution in [2.45, 2.75) is 25.3 Å². The van der Waals surface area contributed by atoms with Crippen LogP contribution in [0.25, 0.3) is 10.8 Å². The number of hydrogen-bond acceptors (Lipinski definition) is 4. The number of halogens is 3. The molecule has 0 radical (unpaired) electrons. The van der Waals surface area contributed by atoms with Crippen molar-refractivity contribution in [3.63, 3.8) is 0 Å². The monoisotopic (exact) mass is 553 g/mol. The summed E-state index contributed by atoms with van der Waals surface area (Å²) in [6.45, 7) is 4.13. The number of nitrogens with zero attached hydrogens (tertiary/aromatic N) is 2. The third-order valence-electron chi connectivity index (χ3n) is 7.40. The van der Waals surface area contributed by atoms with Crippen LogP contribution < -0.4 is 10.2 Å². The molecule has 1 aromatic heterocycles. The van der Waals surface area contributed by atoms with Gasteiger partial charge in [0, 0.05) is 31.2 Å². The lowest BCUT2D eigenvalue weighted by molar-refractivity contribution is 0.0696. The van der Waals surface area contributed by atoms with Gasteiger partial charge in [0.1, 0.15) is 11.6 Å². The first-order valence-electron chi connectivity index (χ1n) is 12.5. The largest absolute Gasteiger partial charge is 0.478 e. The van der Waals surface area contributed by atoms with E-state index < -0.39 is 5.97 Å². The molecule has 3 aromatic carbocycles. The van der Waals surface area contributed by atoms with Gasteiger partial charge in [-0.25, -0.2) is 14.2 Å². The highest BCUT2D eigenvalue weighted by molar-refractivity contribution is 6.33. The molecule has 0 saturated carbocycles. The Morgan fingerprint density at radius 3 is 2.66 bits per heavy atom. The molecule has 1 fully saturated rings. The lowest BCUT2D eigenvalue weighted by Gasteiger charge is -2.40. The van der Waals surface area contributed by atoms with E-state index in [-0.39, 0.29) is 46.7 Å². The number of aromatic nitrogens is 1. The molecular formula is C30H30Cl2FN3O2. The Balaban J connectivity index is 0.00000336. The van der Waals surface area contributed by atoms with Gasteiger partial charge >= 0.3 is 5.97 Å². The molecule has 0 spiro atoms. The molecule has 1 saturated heterocycles. The fourth-order valence-corrected chi connectivity index (χ4v) is 5.70. The maximum atomic E-state index is 15.0. The number of pyridine rings is 1. The van der Waals surface area contributed by atoms with Crippen molar-refractivity contribution >= 4 is 46.6 Å². The normalized spacial score (nSPS) is 18.1. The van der Waals surface area contributed by atoms with Crippen molar-refractivity contribution in [3.05, 3.63) is 107 Å². The molecule has 5 rings (SSSR count). The highest BCUT2D eigenvalue weighted by Gasteiger charge is 2.33. The maximum absolute atomic E-state index is 15.0. The molecule has 2 heterocycles. The van der Waals surface area contributed by atoms with Gasteiger partial charge in [-0.1, -0.05) is 72.3 Å². The van der Waals surface area contributed by atoms with Crippen LogP contribution in [-0.4, -0.2) is 35.7 Å². The van der Waals surface area contributed by atoms with Crippen molar-refractivity contribution in [1.82, 2.24) is 10.3 Å². The van der Waals surface area contributed by atoms with Gasteiger partial charge in [0.25, 0.3) is 0 Å². The van der Waals surface area contributed by atoms with Gasteiger partial charge in [0.05, 0.1) is 10.6 Å². The summed E-state index contributed by atoms with van der Waals surface area (Å²) in [6.07, 6.45) is 2.13. The van der Waals surface area contributed by atoms with Gasteiger partial charge in [0.15, 0.2) is 0 Å². The molecule has 8 heteroatoms. The molecule has 38 heavy (non-hydrogen) atoms. The third-order valence-corrected chi connectivity index (χ3v) is 7.68. The average Bonchev–Trinajstić information content (AvgIpc) is 2.91. The molecule has 5 nitrogen and oxygen atoms in total. The summed E-state index contributed by atoms with van der Waals surface area (Å²) in [5.74, 6) is -0.651. The molecule has 4 aromatic rings. The molecule has 0 bridgehead atoms. The van der Waals surface area contributed by atoms with E-state index in [1.807, 2.05) is 23.1 Å². The van der Waals surface area contributed by atoms with E-state index in [1.54, 1.807) is 6.07 Å². The lowest BCUT2D eigenvalue weighted by Crippen LogP contribution is -2.43. The highest BCUT2D eigenvalue weighted by atomic mass is 35.5. The van der Waals surface area contributed by atoms with Crippen molar-refractivity contribution < 1.29 is 14.3 Å². The third kappa shape index (κ3) is 5.78. The standard InChI is InChI=1S/C30H29ClFN3O2.ClH/c1-19(23-11-6-8-20-7-2-3-9-24(20)23)33-16-21-13-14-35(18-26(21)25-10-4-5-12-28(25)32)29-27(31)15-22(17-34-29)30(36)37;/h2-12,15,17,19,21,26,33H,13-14,16,18H2,1H3,(H,36,37);1H/t19-,21?,26?;/m1./s1. The number of fused-ring (bicyclic) bond motifs is 1. The summed E-state index contributed by atoms with van der Waals surface area (Å²) < 4.78 is 15.0. The van der Waals surface area contributed by atoms with Gasteiger partial charge in [-0.05, 0) is 59.8 Å². The number of piperidine rings is 1. The smallest absolute Gasteiger partial charge is 0.337 e. The second-order valence-corrected chi connectivity index (χ2v) is 10.1. The van der Waals surface area contributed by atoms with Gasteiger partial charge in [-0.3, -0.25) is 0 Å². The number of aromatic carboxylic acids is 1. The van der Waals surface area contributed by atoms with Crippen LogP contribution in [0.5, 0.6) is 0 Å². The fraction of sp³-hybridized carbons (Fsp3) is 0.267. The van der Waals surface area contributed by atoms with Crippen LogP contribution in [0.4, 0.5) is 10.2 Å². The lowest BCUT2D eigenvalue weighted by atomic mass is 9.80. The van der Waals surface area contributed by atoms with E-state index in [9.17, 15) is 14.3 Å². The summed E-state index contributed by atoms with van der Waals surface area (Å²) in [7, 11) is 0. The highest BCUT2D eigenvalue weighted by Crippen LogP contribution is 2.37. The van der Waals surface area contributed by atoms with Crippen LogP contribution in [0, 0.1) is 11.7 Å². The number of nitrogens with one attached hydrogen (secondary N) is 1. The Labute approximate surface area is 233 Å². The van der Waals surface area contributed by atoms with E-state index in [4.69, 9.17) is 11.6 Å². The molecule has 1 aliphatic heterocycles. The number of hydrogen-bond donors (Lipinski definition) is 2. The molecule has 2 unspecified atom stereocenters. The summed E-state index contributed by atoms with van der Waals surface area (Å²) in [5, 5.41) is 15.7. The molecule has 0 amide bonds. The van der Waals surface area contributed by atoms with Crippen LogP contribution in [0.1, 0.15) is 46.8 Å². The van der Waals surface area contributed by atoms with Crippen molar-refractivity contribution in [1.29, 1.82) is 0 Å². The minimum absolute atomic E-state index is 0. The first kappa shape index (κ1) is 27.8. The minimum atomic E-state index is -1.07. The Hall–Kier alpha value is -3.19. The molecule has 3 atom stereocenters. The number of rotatable bonds is 7. The van der Waals surface area contributed by atoms with Crippen LogP contribution in [0.2, 0.25) is 5.02 Å². The van der Waals surface area contributed by atoms with E-state index in [0.29, 0.717) is 24.5 Å². The molecule has 2 N–H and O–H groups in total. The van der Waals surface area contributed by atoms with E-state index in [1.165, 1.54) is 34.7 Å². The second-order valence-electron chi connectivity index (χ2n) is 9.66. The Morgan fingerprint density at radius 2 is 1.89 bits per heavy atom. The van der Waals surface area contributed by atoms with Crippen LogP contribution in [0.15, 0.2) is 79.0 Å². The molecule has 1 aliphatic rings. The van der Waals surface area contributed by atoms with Crippen molar-refractivity contribution in [2.75, 3.05) is 24.5 Å². The second kappa shape index (κ2) is 12.1. The Bertz CT molecular complexity index is 1430. The van der Waals surface area contributed by atoms with Gasteiger partial charge in [0.2, 0.25) is 0 Å². The predicted octanol–water partition coefficient (Wildman–Crippen LogP) is 7.11. The van der Waals surface area contributed by atoms with Gasteiger partial charge < -0.3 is 15.3 Å². The zero-order valence-corrected chi connectivity index (χ0v) is 22.6. The molecule has 198 valence electrons. The summed E-state index contributed by atoms with van der Waals surface area (Å²) >= 11 is 6.43. The quantitative estimate of drug-likeness (QED) is 0.255.